The lowest BCUT2D eigenvalue weighted by molar-refractivity contribution is -0.142. The zero-order valence-electron chi connectivity index (χ0n) is 22.0. The highest BCUT2D eigenvalue weighted by molar-refractivity contribution is 7.98. The third kappa shape index (κ3) is 12.7. The van der Waals surface area contributed by atoms with Gasteiger partial charge in [0, 0.05) is 13.0 Å². The Morgan fingerprint density at radius 3 is 2.13 bits per heavy atom. The van der Waals surface area contributed by atoms with Crippen molar-refractivity contribution in [2.45, 2.75) is 62.9 Å². The van der Waals surface area contributed by atoms with Gasteiger partial charge in [-0.05, 0) is 55.9 Å². The predicted octanol–water partition coefficient (Wildman–Crippen LogP) is -2.01. The summed E-state index contributed by atoms with van der Waals surface area (Å²) in [4.78, 5) is 54.3. The van der Waals surface area contributed by atoms with Gasteiger partial charge in [0.25, 0.3) is 0 Å². The summed E-state index contributed by atoms with van der Waals surface area (Å²) in [6.07, 6.45) is 1.07. The molecule has 1 aromatic rings. The summed E-state index contributed by atoms with van der Waals surface area (Å²) in [5, 5.41) is 36.6. The Hall–Kier alpha value is -3.56. The van der Waals surface area contributed by atoms with E-state index >= 15 is 0 Å². The topological polar surface area (TPSA) is 255 Å². The van der Waals surface area contributed by atoms with Crippen LogP contribution in [0, 0.1) is 0 Å². The second kappa shape index (κ2) is 17.1. The number of carboxylic acids is 1. The lowest BCUT2D eigenvalue weighted by Gasteiger charge is -2.26. The molecule has 0 fully saturated rings. The molecule has 0 aliphatic carbocycles. The van der Waals surface area contributed by atoms with Gasteiger partial charge < -0.3 is 48.5 Å². The van der Waals surface area contributed by atoms with E-state index in [1.165, 1.54) is 43.0 Å². The van der Waals surface area contributed by atoms with Crippen molar-refractivity contribution in [3.8, 4) is 5.75 Å². The average Bonchev–Trinajstić information content (AvgIpc) is 2.87. The molecule has 0 spiro atoms. The van der Waals surface area contributed by atoms with Gasteiger partial charge in [0.05, 0.1) is 12.1 Å². The second-order valence-electron chi connectivity index (χ2n) is 8.89. The molecule has 0 bridgehead atoms. The van der Waals surface area contributed by atoms with E-state index in [0.29, 0.717) is 17.7 Å². The summed E-state index contributed by atoms with van der Waals surface area (Å²) in [7, 11) is 0. The smallest absolute Gasteiger partial charge is 0.326 e. The molecule has 0 aliphatic rings. The highest BCUT2D eigenvalue weighted by Crippen LogP contribution is 2.12. The molecule has 0 saturated heterocycles. The van der Waals surface area contributed by atoms with Crippen molar-refractivity contribution < 1.29 is 34.5 Å². The number of aromatic hydroxyl groups is 1. The van der Waals surface area contributed by atoms with E-state index < -0.39 is 54.0 Å². The van der Waals surface area contributed by atoms with Crippen LogP contribution >= 0.6 is 11.8 Å². The maximum atomic E-state index is 13.2. The van der Waals surface area contributed by atoms with Crippen LogP contribution in [-0.4, -0.2) is 93.8 Å². The minimum atomic E-state index is -1.43. The summed E-state index contributed by atoms with van der Waals surface area (Å²) in [5.74, 6) is -3.15. The van der Waals surface area contributed by atoms with E-state index in [2.05, 4.69) is 20.9 Å². The standard InChI is InChI=1S/C24H39N7O7S/c1-13(32)19(31-20(34)16(25)9-11-39-2)22(36)30-18(12-14-5-7-15(33)8-6-14)21(35)29-17(23(37)38)4-3-10-28-24(26)27/h5-8,13,16-19,32-33H,3-4,9-12,25H2,1-2H3,(H,29,35)(H,30,36)(H,31,34)(H,37,38)(H4,26,27,28). The number of phenolic OH excluding ortho intramolecular Hbond substituents is 1. The number of phenols is 1. The molecule has 0 aromatic heterocycles. The maximum Gasteiger partial charge on any atom is 0.326 e. The minimum Gasteiger partial charge on any atom is -0.508 e. The Morgan fingerprint density at radius 2 is 1.59 bits per heavy atom. The second-order valence-corrected chi connectivity index (χ2v) is 9.88. The highest BCUT2D eigenvalue weighted by Gasteiger charge is 2.32. The number of nitrogens with zero attached hydrogens (tertiary/aromatic N) is 1. The molecule has 14 nitrogen and oxygen atoms in total. The quantitative estimate of drug-likeness (QED) is 0.0562. The number of nitrogens with two attached hydrogens (primary N) is 3. The first kappa shape index (κ1) is 33.5. The number of rotatable bonds is 17. The number of amides is 3. The molecule has 1 aromatic carbocycles. The largest absolute Gasteiger partial charge is 0.508 e. The number of aliphatic imine (C=N–C) groups is 1. The summed E-state index contributed by atoms with van der Waals surface area (Å²) < 4.78 is 0. The van der Waals surface area contributed by atoms with Crippen molar-refractivity contribution in [3.05, 3.63) is 29.8 Å². The van der Waals surface area contributed by atoms with Crippen LogP contribution in [0.5, 0.6) is 5.75 Å². The van der Waals surface area contributed by atoms with Crippen LogP contribution in [0.3, 0.4) is 0 Å². The van der Waals surface area contributed by atoms with Crippen molar-refractivity contribution in [1.29, 1.82) is 0 Å². The molecular formula is C24H39N7O7S. The molecule has 3 amide bonds. The Bertz CT molecular complexity index is 988. The van der Waals surface area contributed by atoms with Gasteiger partial charge in [-0.3, -0.25) is 19.4 Å². The molecule has 0 heterocycles. The van der Waals surface area contributed by atoms with Gasteiger partial charge in [0.15, 0.2) is 5.96 Å². The first-order chi connectivity index (χ1) is 18.3. The monoisotopic (exact) mass is 569 g/mol. The van der Waals surface area contributed by atoms with E-state index in [0.717, 1.165) is 0 Å². The number of nitrogens with one attached hydrogen (secondary N) is 3. The SMILES string of the molecule is CSCCC(N)C(=O)NC(C(=O)NC(Cc1ccc(O)cc1)C(=O)NC(CCCN=C(N)N)C(=O)O)C(C)O. The first-order valence-electron chi connectivity index (χ1n) is 12.3. The van der Waals surface area contributed by atoms with Crippen molar-refractivity contribution >= 4 is 41.4 Å². The van der Waals surface area contributed by atoms with Crippen molar-refractivity contribution in [2.75, 3.05) is 18.6 Å². The average molecular weight is 570 g/mol. The van der Waals surface area contributed by atoms with Gasteiger partial charge in [-0.2, -0.15) is 11.8 Å². The van der Waals surface area contributed by atoms with Crippen LogP contribution in [-0.2, 0) is 25.6 Å². The third-order valence-electron chi connectivity index (χ3n) is 5.60. The molecule has 0 radical (unpaired) electrons. The number of hydrogen-bond donors (Lipinski definition) is 9. The van der Waals surface area contributed by atoms with Crippen LogP contribution in [0.25, 0.3) is 0 Å². The van der Waals surface area contributed by atoms with Crippen LogP contribution in [0.15, 0.2) is 29.3 Å². The number of carboxylic acid groups (broad SMARTS) is 1. The van der Waals surface area contributed by atoms with Gasteiger partial charge in [0.2, 0.25) is 17.7 Å². The fourth-order valence-electron chi connectivity index (χ4n) is 3.41. The lowest BCUT2D eigenvalue weighted by atomic mass is 10.0. The number of carbonyl (C=O) groups excluding carboxylic acids is 3. The molecule has 218 valence electrons. The Labute approximate surface area is 231 Å². The van der Waals surface area contributed by atoms with Gasteiger partial charge in [-0.15, -0.1) is 0 Å². The fourth-order valence-corrected chi connectivity index (χ4v) is 3.90. The van der Waals surface area contributed by atoms with Crippen molar-refractivity contribution in [2.24, 2.45) is 22.2 Å². The van der Waals surface area contributed by atoms with Crippen LogP contribution in [0.2, 0.25) is 0 Å². The number of aliphatic hydroxyl groups excluding tert-OH is 1. The fraction of sp³-hybridized carbons (Fsp3) is 0.542. The van der Waals surface area contributed by atoms with Crippen LogP contribution in [0.1, 0.15) is 31.7 Å². The van der Waals surface area contributed by atoms with E-state index in [-0.39, 0.29) is 37.5 Å². The Morgan fingerprint density at radius 1 is 0.974 bits per heavy atom. The van der Waals surface area contributed by atoms with Crippen molar-refractivity contribution in [1.82, 2.24) is 16.0 Å². The van der Waals surface area contributed by atoms with E-state index in [9.17, 15) is 34.5 Å². The molecule has 12 N–H and O–H groups in total. The molecule has 5 unspecified atom stereocenters. The normalized spacial score (nSPS) is 14.7. The van der Waals surface area contributed by atoms with Gasteiger partial charge in [0.1, 0.15) is 23.9 Å². The van der Waals surface area contributed by atoms with E-state index in [4.69, 9.17) is 17.2 Å². The van der Waals surface area contributed by atoms with Crippen molar-refractivity contribution in [3.63, 3.8) is 0 Å². The van der Waals surface area contributed by atoms with Crippen LogP contribution in [0.4, 0.5) is 0 Å². The predicted molar refractivity (Wildman–Crippen MR) is 148 cm³/mol. The number of carbonyl (C=O) groups is 4. The summed E-state index contributed by atoms with van der Waals surface area (Å²) in [6, 6.07) is 0.933. The molecular weight excluding hydrogens is 530 g/mol. The summed E-state index contributed by atoms with van der Waals surface area (Å²) in [5.41, 5.74) is 16.9. The molecule has 0 saturated carbocycles. The number of aliphatic carboxylic acids is 1. The number of benzene rings is 1. The maximum absolute atomic E-state index is 13.2. The summed E-state index contributed by atoms with van der Waals surface area (Å²) >= 11 is 1.50. The van der Waals surface area contributed by atoms with Crippen LogP contribution < -0.4 is 33.2 Å². The Balaban J connectivity index is 3.08. The molecule has 15 heteroatoms. The van der Waals surface area contributed by atoms with Gasteiger partial charge in [-0.1, -0.05) is 12.1 Å². The minimum absolute atomic E-state index is 0.00908. The number of thioether (sulfide) groups is 1. The van der Waals surface area contributed by atoms with Gasteiger partial charge >= 0.3 is 5.97 Å². The van der Waals surface area contributed by atoms with E-state index in [1.807, 2.05) is 6.26 Å². The molecule has 5 atom stereocenters. The lowest BCUT2D eigenvalue weighted by Crippen LogP contribution is -2.60. The molecule has 0 aliphatic heterocycles. The zero-order chi connectivity index (χ0) is 29.5. The van der Waals surface area contributed by atoms with E-state index in [1.54, 1.807) is 0 Å². The first-order valence-corrected chi connectivity index (χ1v) is 13.6. The molecule has 1 rings (SSSR count). The number of guanidine groups is 1. The third-order valence-corrected chi connectivity index (χ3v) is 6.25. The van der Waals surface area contributed by atoms with Gasteiger partial charge in [-0.25, -0.2) is 4.79 Å². The Kier molecular flexibility index (Phi) is 14.7. The summed E-state index contributed by atoms with van der Waals surface area (Å²) in [6.45, 7) is 1.45. The number of aliphatic hydroxyl groups is 1. The number of hydrogen-bond acceptors (Lipinski definition) is 9. The highest BCUT2D eigenvalue weighted by atomic mass is 32.2. The zero-order valence-corrected chi connectivity index (χ0v) is 22.8. The molecule has 39 heavy (non-hydrogen) atoms.